The summed E-state index contributed by atoms with van der Waals surface area (Å²) >= 11 is 0. The van der Waals surface area contributed by atoms with Crippen molar-refractivity contribution < 1.29 is 22.5 Å². The maximum absolute atomic E-state index is 11.6. The maximum atomic E-state index is 11.6. The van der Waals surface area contributed by atoms with Gasteiger partial charge in [0.1, 0.15) is 5.25 Å². The van der Waals surface area contributed by atoms with Crippen molar-refractivity contribution >= 4 is 26.6 Å². The first-order valence-electron chi connectivity index (χ1n) is 5.04. The van der Waals surface area contributed by atoms with Gasteiger partial charge in [0.05, 0.1) is 11.0 Å². The van der Waals surface area contributed by atoms with Crippen molar-refractivity contribution in [2.45, 2.75) is 37.7 Å². The van der Waals surface area contributed by atoms with Crippen LogP contribution < -0.4 is 0 Å². The van der Waals surface area contributed by atoms with Gasteiger partial charge in [0.25, 0.3) is 0 Å². The molecule has 96 valence electrons. The lowest BCUT2D eigenvalue weighted by molar-refractivity contribution is -0.136. The van der Waals surface area contributed by atoms with Gasteiger partial charge < -0.3 is 5.11 Å². The number of sulfone groups is 1. The predicted molar refractivity (Wildman–Crippen MR) is 63.6 cm³/mol. The molecule has 0 fully saturated rings. The monoisotopic (exact) mass is 270 g/mol. The van der Waals surface area contributed by atoms with E-state index in [-0.39, 0.29) is 17.9 Å². The highest BCUT2D eigenvalue weighted by Crippen LogP contribution is 2.06. The SMILES string of the molecule is CCC(C(=O)O)S(=O)CCS(=O)(=O)C(C)C. The molecule has 0 aromatic heterocycles. The van der Waals surface area contributed by atoms with Crippen LogP contribution in [0.4, 0.5) is 0 Å². The molecule has 0 aromatic rings. The Balaban J connectivity index is 4.43. The zero-order chi connectivity index (χ0) is 12.9. The molecule has 0 heterocycles. The molecule has 0 saturated carbocycles. The van der Waals surface area contributed by atoms with Crippen molar-refractivity contribution in [3.05, 3.63) is 0 Å². The number of carbonyl (C=O) groups is 1. The molecule has 7 heteroatoms. The number of aliphatic carboxylic acids is 1. The third kappa shape index (κ3) is 4.61. The summed E-state index contributed by atoms with van der Waals surface area (Å²) in [6, 6.07) is 0. The lowest BCUT2D eigenvalue weighted by Crippen LogP contribution is -2.30. The fourth-order valence-corrected chi connectivity index (χ4v) is 3.99. The summed E-state index contributed by atoms with van der Waals surface area (Å²) in [7, 11) is -4.88. The molecule has 0 aromatic carbocycles. The van der Waals surface area contributed by atoms with Crippen LogP contribution in [0.1, 0.15) is 27.2 Å². The van der Waals surface area contributed by atoms with Crippen molar-refractivity contribution in [3.8, 4) is 0 Å². The Kier molecular flexibility index (Phi) is 6.17. The fourth-order valence-electron chi connectivity index (χ4n) is 1.05. The van der Waals surface area contributed by atoms with Crippen LogP contribution in [0.5, 0.6) is 0 Å². The van der Waals surface area contributed by atoms with E-state index in [0.717, 1.165) is 0 Å². The first kappa shape index (κ1) is 15.6. The number of carboxylic acid groups (broad SMARTS) is 1. The molecule has 0 rings (SSSR count). The van der Waals surface area contributed by atoms with Gasteiger partial charge in [-0.3, -0.25) is 9.00 Å². The van der Waals surface area contributed by atoms with Gasteiger partial charge in [0.15, 0.2) is 9.84 Å². The van der Waals surface area contributed by atoms with Gasteiger partial charge in [-0.25, -0.2) is 8.42 Å². The van der Waals surface area contributed by atoms with Crippen LogP contribution in [0.15, 0.2) is 0 Å². The normalized spacial score (nSPS) is 16.0. The summed E-state index contributed by atoms with van der Waals surface area (Å²) in [6.07, 6.45) is 0.240. The van der Waals surface area contributed by atoms with Crippen LogP contribution in [0.3, 0.4) is 0 Å². The molecule has 0 aliphatic heterocycles. The van der Waals surface area contributed by atoms with Crippen molar-refractivity contribution in [1.82, 2.24) is 0 Å². The minimum Gasteiger partial charge on any atom is -0.480 e. The largest absolute Gasteiger partial charge is 0.480 e. The summed E-state index contributed by atoms with van der Waals surface area (Å²) in [5.74, 6) is -1.46. The number of carboxylic acids is 1. The molecule has 1 N–H and O–H groups in total. The van der Waals surface area contributed by atoms with E-state index in [9.17, 15) is 17.4 Å². The highest BCUT2D eigenvalue weighted by Gasteiger charge is 2.25. The predicted octanol–water partition coefficient (Wildman–Crippen LogP) is 0.422. The van der Waals surface area contributed by atoms with Crippen LogP contribution in [0.25, 0.3) is 0 Å². The molecule has 0 aliphatic carbocycles. The third-order valence-electron chi connectivity index (χ3n) is 2.25. The third-order valence-corrected chi connectivity index (χ3v) is 6.50. The van der Waals surface area contributed by atoms with Crippen molar-refractivity contribution in [2.75, 3.05) is 11.5 Å². The van der Waals surface area contributed by atoms with E-state index in [4.69, 9.17) is 5.11 Å². The topological polar surface area (TPSA) is 88.5 Å². The van der Waals surface area contributed by atoms with E-state index in [1.807, 2.05) is 0 Å². The summed E-state index contributed by atoms with van der Waals surface area (Å²) < 4.78 is 34.4. The van der Waals surface area contributed by atoms with E-state index in [2.05, 4.69) is 0 Å². The van der Waals surface area contributed by atoms with Gasteiger partial charge in [-0.15, -0.1) is 0 Å². The Labute approximate surface area is 98.6 Å². The lowest BCUT2D eigenvalue weighted by atomic mass is 10.3. The minimum atomic E-state index is -3.25. The van der Waals surface area contributed by atoms with Crippen LogP contribution in [0.2, 0.25) is 0 Å². The van der Waals surface area contributed by atoms with Gasteiger partial charge in [0.2, 0.25) is 0 Å². The maximum Gasteiger partial charge on any atom is 0.319 e. The van der Waals surface area contributed by atoms with Crippen LogP contribution in [-0.4, -0.2) is 45.7 Å². The minimum absolute atomic E-state index is 0.106. The van der Waals surface area contributed by atoms with Crippen LogP contribution >= 0.6 is 0 Å². The second kappa shape index (κ2) is 6.34. The first-order chi connectivity index (χ1) is 7.22. The van der Waals surface area contributed by atoms with Gasteiger partial charge in [0, 0.05) is 16.6 Å². The zero-order valence-corrected chi connectivity index (χ0v) is 11.3. The van der Waals surface area contributed by atoms with E-state index >= 15 is 0 Å². The molecule has 0 amide bonds. The second-order valence-electron chi connectivity index (χ2n) is 3.74. The molecule has 2 atom stereocenters. The van der Waals surface area contributed by atoms with Crippen LogP contribution in [0, 0.1) is 0 Å². The molecule has 0 saturated heterocycles. The number of rotatable bonds is 7. The molecule has 5 nitrogen and oxygen atoms in total. The molecular formula is C9H18O5S2. The Morgan fingerprint density at radius 3 is 2.19 bits per heavy atom. The van der Waals surface area contributed by atoms with E-state index < -0.39 is 37.1 Å². The Hall–Kier alpha value is -0.430. The molecule has 0 radical (unpaired) electrons. The molecule has 2 unspecified atom stereocenters. The number of hydrogen-bond acceptors (Lipinski definition) is 4. The summed E-state index contributed by atoms with van der Waals surface area (Å²) in [5.41, 5.74) is 0. The molecule has 0 bridgehead atoms. The zero-order valence-electron chi connectivity index (χ0n) is 9.67. The second-order valence-corrected chi connectivity index (χ2v) is 8.15. The summed E-state index contributed by atoms with van der Waals surface area (Å²) in [4.78, 5) is 10.7. The van der Waals surface area contributed by atoms with Gasteiger partial charge in [-0.2, -0.15) is 0 Å². The Morgan fingerprint density at radius 2 is 1.88 bits per heavy atom. The number of hydrogen-bond donors (Lipinski definition) is 1. The molecule has 0 spiro atoms. The van der Waals surface area contributed by atoms with E-state index in [0.29, 0.717) is 0 Å². The molecule has 0 aliphatic rings. The van der Waals surface area contributed by atoms with Crippen LogP contribution in [-0.2, 0) is 25.4 Å². The highest BCUT2D eigenvalue weighted by atomic mass is 32.2. The van der Waals surface area contributed by atoms with Gasteiger partial charge in [-0.1, -0.05) is 6.92 Å². The smallest absolute Gasteiger partial charge is 0.319 e. The fraction of sp³-hybridized carbons (Fsp3) is 0.889. The lowest BCUT2D eigenvalue weighted by Gasteiger charge is -2.11. The molecular weight excluding hydrogens is 252 g/mol. The van der Waals surface area contributed by atoms with Crippen molar-refractivity contribution in [3.63, 3.8) is 0 Å². The average molecular weight is 270 g/mol. The first-order valence-corrected chi connectivity index (χ1v) is 8.13. The van der Waals surface area contributed by atoms with Gasteiger partial charge >= 0.3 is 5.97 Å². The van der Waals surface area contributed by atoms with E-state index in [1.54, 1.807) is 20.8 Å². The van der Waals surface area contributed by atoms with Crippen molar-refractivity contribution in [1.29, 1.82) is 0 Å². The van der Waals surface area contributed by atoms with Crippen molar-refractivity contribution in [2.24, 2.45) is 0 Å². The summed E-state index contributed by atoms with van der Waals surface area (Å²) in [6.45, 7) is 4.72. The average Bonchev–Trinajstić information content (AvgIpc) is 2.15. The van der Waals surface area contributed by atoms with Gasteiger partial charge in [-0.05, 0) is 20.3 Å². The quantitative estimate of drug-likeness (QED) is 0.724. The Morgan fingerprint density at radius 1 is 1.38 bits per heavy atom. The standard InChI is InChI=1S/C9H18O5S2/c1-4-8(9(10)11)15(12)5-6-16(13,14)7(2)3/h7-8H,4-6H2,1-3H3,(H,10,11). The van der Waals surface area contributed by atoms with E-state index in [1.165, 1.54) is 0 Å². The highest BCUT2D eigenvalue weighted by molar-refractivity contribution is 7.93. The Bertz CT molecular complexity index is 358. The molecule has 16 heavy (non-hydrogen) atoms. The summed E-state index contributed by atoms with van der Waals surface area (Å²) in [5, 5.41) is 7.25.